The number of likely N-dealkylation sites (tertiary alicyclic amines) is 1. The maximum atomic E-state index is 12.5. The Bertz CT molecular complexity index is 699. The van der Waals surface area contributed by atoms with Crippen LogP contribution in [0.5, 0.6) is 0 Å². The van der Waals surface area contributed by atoms with Gasteiger partial charge in [0.2, 0.25) is 0 Å². The molecule has 8 heteroatoms. The number of hydrogen-bond donors (Lipinski definition) is 1. The van der Waals surface area contributed by atoms with E-state index in [0.717, 1.165) is 4.47 Å². The second-order valence-electron chi connectivity index (χ2n) is 4.59. The highest BCUT2D eigenvalue weighted by Gasteiger charge is 2.35. The lowest BCUT2D eigenvalue weighted by Gasteiger charge is -2.20. The molecule has 0 aliphatic carbocycles. The Hall–Kier alpha value is -1.96. The lowest BCUT2D eigenvalue weighted by atomic mass is 10.2. The number of carbonyl (C=O) groups excluding carboxylic acids is 1. The first-order valence-corrected chi connectivity index (χ1v) is 6.90. The molecule has 3 heterocycles. The van der Waals surface area contributed by atoms with E-state index >= 15 is 0 Å². The Morgan fingerprint density at radius 3 is 2.95 bits per heavy atom. The van der Waals surface area contributed by atoms with Crippen molar-refractivity contribution in [2.24, 2.45) is 0 Å². The molecule has 1 aliphatic rings. The van der Waals surface area contributed by atoms with Gasteiger partial charge in [-0.2, -0.15) is 5.10 Å². The predicted molar refractivity (Wildman–Crippen MR) is 72.4 cm³/mol. The lowest BCUT2D eigenvalue weighted by Crippen LogP contribution is -2.40. The van der Waals surface area contributed by atoms with Gasteiger partial charge in [0.25, 0.3) is 5.91 Å². The highest BCUT2D eigenvalue weighted by Crippen LogP contribution is 2.22. The van der Waals surface area contributed by atoms with Gasteiger partial charge in [-0.15, -0.1) is 0 Å². The van der Waals surface area contributed by atoms with Crippen LogP contribution in [0.25, 0.3) is 5.65 Å². The molecule has 1 amide bonds. The third kappa shape index (κ3) is 2.05. The average Bonchev–Trinajstić information content (AvgIpc) is 3.03. The summed E-state index contributed by atoms with van der Waals surface area (Å²) in [6.45, 7) is 0.448. The van der Waals surface area contributed by atoms with E-state index in [1.165, 1.54) is 15.6 Å². The molecule has 2 aromatic rings. The number of aliphatic carboxylic acids is 1. The minimum atomic E-state index is -0.969. The summed E-state index contributed by atoms with van der Waals surface area (Å²) >= 11 is 3.28. The molecular formula is C12H11BrN4O3. The van der Waals surface area contributed by atoms with Crippen LogP contribution in [0.4, 0.5) is 0 Å². The topological polar surface area (TPSA) is 87.8 Å². The van der Waals surface area contributed by atoms with Gasteiger partial charge in [-0.3, -0.25) is 4.79 Å². The molecule has 104 valence electrons. The Morgan fingerprint density at radius 1 is 1.40 bits per heavy atom. The zero-order valence-electron chi connectivity index (χ0n) is 10.4. The molecule has 1 aliphatic heterocycles. The molecule has 1 fully saturated rings. The number of aromatic nitrogens is 3. The van der Waals surface area contributed by atoms with Crippen molar-refractivity contribution < 1.29 is 14.7 Å². The van der Waals surface area contributed by atoms with Gasteiger partial charge in [0.1, 0.15) is 11.6 Å². The van der Waals surface area contributed by atoms with Crippen LogP contribution in [0.15, 0.2) is 23.1 Å². The smallest absolute Gasteiger partial charge is 0.326 e. The number of carboxylic acids is 1. The van der Waals surface area contributed by atoms with Crippen molar-refractivity contribution in [3.05, 3.63) is 28.6 Å². The minimum Gasteiger partial charge on any atom is -0.480 e. The molecule has 0 aromatic carbocycles. The average molecular weight is 339 g/mol. The largest absolute Gasteiger partial charge is 0.480 e. The number of carbonyl (C=O) groups is 2. The molecule has 0 unspecified atom stereocenters. The van der Waals surface area contributed by atoms with Crippen LogP contribution < -0.4 is 0 Å². The van der Waals surface area contributed by atoms with Crippen LogP contribution in [0, 0.1) is 0 Å². The van der Waals surface area contributed by atoms with Crippen molar-refractivity contribution >= 4 is 33.5 Å². The summed E-state index contributed by atoms with van der Waals surface area (Å²) in [6, 6.07) is -0.757. The summed E-state index contributed by atoms with van der Waals surface area (Å²) in [5.74, 6) is -1.30. The van der Waals surface area contributed by atoms with Crippen LogP contribution in [0.1, 0.15) is 23.2 Å². The van der Waals surface area contributed by atoms with Gasteiger partial charge in [0.15, 0.2) is 5.65 Å². The van der Waals surface area contributed by atoms with Gasteiger partial charge in [-0.1, -0.05) is 0 Å². The van der Waals surface area contributed by atoms with Gasteiger partial charge < -0.3 is 10.0 Å². The second-order valence-corrected chi connectivity index (χ2v) is 5.51. The van der Waals surface area contributed by atoms with Gasteiger partial charge in [-0.25, -0.2) is 14.3 Å². The summed E-state index contributed by atoms with van der Waals surface area (Å²) in [5.41, 5.74) is 0.750. The maximum Gasteiger partial charge on any atom is 0.326 e. The third-order valence-corrected chi connectivity index (χ3v) is 3.76. The van der Waals surface area contributed by atoms with E-state index in [9.17, 15) is 9.59 Å². The molecule has 20 heavy (non-hydrogen) atoms. The van der Waals surface area contributed by atoms with Gasteiger partial charge in [-0.05, 0) is 28.8 Å². The van der Waals surface area contributed by atoms with Crippen LogP contribution in [-0.4, -0.2) is 49.1 Å². The summed E-state index contributed by atoms with van der Waals surface area (Å²) in [5, 5.41) is 13.2. The molecule has 0 radical (unpaired) electrons. The van der Waals surface area contributed by atoms with Crippen molar-refractivity contribution in [1.29, 1.82) is 0 Å². The van der Waals surface area contributed by atoms with Crippen LogP contribution in [0.3, 0.4) is 0 Å². The zero-order chi connectivity index (χ0) is 14.3. The molecule has 0 spiro atoms. The fourth-order valence-electron chi connectivity index (χ4n) is 2.42. The van der Waals surface area contributed by atoms with E-state index < -0.39 is 12.0 Å². The van der Waals surface area contributed by atoms with Crippen molar-refractivity contribution in [2.45, 2.75) is 18.9 Å². The quantitative estimate of drug-likeness (QED) is 0.888. The number of rotatable bonds is 2. The van der Waals surface area contributed by atoms with E-state index in [1.807, 2.05) is 0 Å². The second kappa shape index (κ2) is 4.86. The highest BCUT2D eigenvalue weighted by atomic mass is 79.9. The molecular weight excluding hydrogens is 328 g/mol. The van der Waals surface area contributed by atoms with E-state index in [2.05, 4.69) is 26.0 Å². The first-order chi connectivity index (χ1) is 9.58. The molecule has 1 N–H and O–H groups in total. The standard InChI is InChI=1S/C12H11BrN4O3/c13-7-4-14-10-8(5-15-17(10)6-7)11(18)16-3-1-2-9(16)12(19)20/h4-6,9H,1-3H2,(H,19,20)/t9-/m0/s1. The van der Waals surface area contributed by atoms with E-state index in [0.29, 0.717) is 30.6 Å². The minimum absolute atomic E-state index is 0.325. The number of fused-ring (bicyclic) bond motifs is 1. The summed E-state index contributed by atoms with van der Waals surface area (Å²) in [4.78, 5) is 29.2. The zero-order valence-corrected chi connectivity index (χ0v) is 11.9. The number of halogens is 1. The van der Waals surface area contributed by atoms with E-state index in [4.69, 9.17) is 5.11 Å². The molecule has 7 nitrogen and oxygen atoms in total. The number of hydrogen-bond acceptors (Lipinski definition) is 4. The fraction of sp³-hybridized carbons (Fsp3) is 0.333. The summed E-state index contributed by atoms with van der Waals surface area (Å²) in [6.07, 6.45) is 5.87. The maximum absolute atomic E-state index is 12.5. The van der Waals surface area contributed by atoms with Crippen molar-refractivity contribution in [3.8, 4) is 0 Å². The van der Waals surface area contributed by atoms with E-state index in [-0.39, 0.29) is 5.91 Å². The van der Waals surface area contributed by atoms with Crippen molar-refractivity contribution in [1.82, 2.24) is 19.5 Å². The Kier molecular flexibility index (Phi) is 3.17. The number of nitrogens with zero attached hydrogens (tertiary/aromatic N) is 4. The molecule has 2 aromatic heterocycles. The van der Waals surface area contributed by atoms with Crippen molar-refractivity contribution in [2.75, 3.05) is 6.54 Å². The first-order valence-electron chi connectivity index (χ1n) is 6.10. The monoisotopic (exact) mass is 338 g/mol. The van der Waals surface area contributed by atoms with Crippen LogP contribution in [0.2, 0.25) is 0 Å². The summed E-state index contributed by atoms with van der Waals surface area (Å²) < 4.78 is 2.24. The normalized spacial score (nSPS) is 18.6. The molecule has 1 atom stereocenters. The number of amides is 1. The Labute approximate surface area is 122 Å². The predicted octanol–water partition coefficient (Wildman–Crippen LogP) is 1.18. The Balaban J connectivity index is 1.98. The molecule has 0 saturated carbocycles. The van der Waals surface area contributed by atoms with Gasteiger partial charge >= 0.3 is 5.97 Å². The van der Waals surface area contributed by atoms with Gasteiger partial charge in [0.05, 0.1) is 10.7 Å². The van der Waals surface area contributed by atoms with Crippen LogP contribution in [-0.2, 0) is 4.79 Å². The lowest BCUT2D eigenvalue weighted by molar-refractivity contribution is -0.141. The van der Waals surface area contributed by atoms with E-state index in [1.54, 1.807) is 12.4 Å². The first kappa shape index (κ1) is 13.0. The fourth-order valence-corrected chi connectivity index (χ4v) is 2.72. The van der Waals surface area contributed by atoms with Crippen LogP contribution >= 0.6 is 15.9 Å². The summed E-state index contributed by atoms with van der Waals surface area (Å²) in [7, 11) is 0. The molecule has 3 rings (SSSR count). The highest BCUT2D eigenvalue weighted by molar-refractivity contribution is 9.10. The number of carboxylic acid groups (broad SMARTS) is 1. The third-order valence-electron chi connectivity index (χ3n) is 3.35. The van der Waals surface area contributed by atoms with Gasteiger partial charge in [0, 0.05) is 18.9 Å². The Morgan fingerprint density at radius 2 is 2.20 bits per heavy atom. The molecule has 0 bridgehead atoms. The molecule has 1 saturated heterocycles. The van der Waals surface area contributed by atoms with Crippen molar-refractivity contribution in [3.63, 3.8) is 0 Å². The SMILES string of the molecule is O=C(O)[C@@H]1CCCN1C(=O)c1cnn2cc(Br)cnc12.